The second-order valence-electron chi connectivity index (χ2n) is 5.68. The highest BCUT2D eigenvalue weighted by Gasteiger charge is 2.20. The van der Waals surface area contributed by atoms with Crippen LogP contribution in [0.3, 0.4) is 0 Å². The Morgan fingerprint density at radius 2 is 1.90 bits per heavy atom. The van der Waals surface area contributed by atoms with Gasteiger partial charge in [-0.3, -0.25) is 9.88 Å². The van der Waals surface area contributed by atoms with E-state index >= 15 is 0 Å². The van der Waals surface area contributed by atoms with Gasteiger partial charge in [-0.15, -0.1) is 0 Å². The Kier molecular flexibility index (Phi) is 4.36. The zero-order valence-corrected chi connectivity index (χ0v) is 12.8. The fraction of sp³-hybridized carbons (Fsp3) is 0.471. The Morgan fingerprint density at radius 3 is 2.62 bits per heavy atom. The molecular weight excluding hydrogens is 260 g/mol. The van der Waals surface area contributed by atoms with E-state index in [1.54, 1.807) is 0 Å². The summed E-state index contributed by atoms with van der Waals surface area (Å²) >= 11 is 0. The lowest BCUT2D eigenvalue weighted by Gasteiger charge is -2.37. The minimum Gasteiger partial charge on any atom is -0.368 e. The van der Waals surface area contributed by atoms with E-state index in [9.17, 15) is 0 Å². The molecule has 0 bridgehead atoms. The van der Waals surface area contributed by atoms with E-state index in [2.05, 4.69) is 39.9 Å². The average Bonchev–Trinajstić information content (AvgIpc) is 2.55. The Bertz CT molecular complexity index is 603. The number of para-hydroxylation sites is 1. The summed E-state index contributed by atoms with van der Waals surface area (Å²) in [7, 11) is 0. The summed E-state index contributed by atoms with van der Waals surface area (Å²) in [6.07, 6.45) is 3.17. The zero-order valence-electron chi connectivity index (χ0n) is 12.8. The van der Waals surface area contributed by atoms with Crippen LogP contribution in [-0.4, -0.2) is 42.6 Å². The second kappa shape index (κ2) is 6.41. The summed E-state index contributed by atoms with van der Waals surface area (Å²) < 4.78 is 0. The number of nitrogens with zero attached hydrogens (tertiary/aromatic N) is 3. The van der Waals surface area contributed by atoms with Gasteiger partial charge in [0.2, 0.25) is 0 Å². The normalized spacial score (nSPS) is 16.6. The quantitative estimate of drug-likeness (QED) is 0.935. The maximum atomic E-state index is 5.95. The van der Waals surface area contributed by atoms with Crippen molar-refractivity contribution in [2.24, 2.45) is 5.73 Å². The van der Waals surface area contributed by atoms with E-state index in [0.29, 0.717) is 6.54 Å². The fourth-order valence-electron chi connectivity index (χ4n) is 3.20. The summed E-state index contributed by atoms with van der Waals surface area (Å²) in [5, 5.41) is 1.23. The highest BCUT2D eigenvalue weighted by molar-refractivity contribution is 5.93. The molecular formula is C17H24N4. The molecule has 1 aromatic carbocycles. The molecule has 0 unspecified atom stereocenters. The molecule has 4 nitrogen and oxygen atoms in total. The summed E-state index contributed by atoms with van der Waals surface area (Å²) in [5.41, 5.74) is 9.44. The molecule has 3 rings (SSSR count). The minimum absolute atomic E-state index is 0.544. The van der Waals surface area contributed by atoms with Gasteiger partial charge in [-0.1, -0.05) is 25.1 Å². The summed E-state index contributed by atoms with van der Waals surface area (Å²) in [5.74, 6) is 0. The van der Waals surface area contributed by atoms with Crippen LogP contribution in [0, 0.1) is 0 Å². The van der Waals surface area contributed by atoms with Gasteiger partial charge in [0.15, 0.2) is 0 Å². The predicted molar refractivity (Wildman–Crippen MR) is 88.6 cm³/mol. The van der Waals surface area contributed by atoms with Gasteiger partial charge < -0.3 is 10.6 Å². The van der Waals surface area contributed by atoms with Crippen LogP contribution in [0.15, 0.2) is 30.5 Å². The molecule has 0 atom stereocenters. The van der Waals surface area contributed by atoms with Crippen LogP contribution in [0.25, 0.3) is 10.9 Å². The molecule has 0 aliphatic carbocycles. The number of benzene rings is 1. The van der Waals surface area contributed by atoms with Gasteiger partial charge in [-0.05, 0) is 19.0 Å². The van der Waals surface area contributed by atoms with Crippen LogP contribution < -0.4 is 10.6 Å². The van der Waals surface area contributed by atoms with Gasteiger partial charge in [0.1, 0.15) is 0 Å². The van der Waals surface area contributed by atoms with Gasteiger partial charge >= 0.3 is 0 Å². The van der Waals surface area contributed by atoms with Crippen molar-refractivity contribution >= 4 is 16.6 Å². The first kappa shape index (κ1) is 14.3. The molecule has 1 fully saturated rings. The number of anilines is 1. The highest BCUT2D eigenvalue weighted by Crippen LogP contribution is 2.30. The molecule has 2 heterocycles. The molecule has 2 aromatic rings. The van der Waals surface area contributed by atoms with Gasteiger partial charge in [-0.25, -0.2) is 0 Å². The van der Waals surface area contributed by atoms with E-state index in [1.807, 2.05) is 12.3 Å². The third-order valence-corrected chi connectivity index (χ3v) is 4.27. The SMILES string of the molecule is CCCN1CCN(c2c(CN)cnc3ccccc23)CC1. The summed E-state index contributed by atoms with van der Waals surface area (Å²) in [6.45, 7) is 8.40. The van der Waals surface area contributed by atoms with Crippen LogP contribution in [0.1, 0.15) is 18.9 Å². The van der Waals surface area contributed by atoms with Gasteiger partial charge in [-0.2, -0.15) is 0 Å². The smallest absolute Gasteiger partial charge is 0.0723 e. The first-order valence-corrected chi connectivity index (χ1v) is 7.87. The van der Waals surface area contributed by atoms with Crippen molar-refractivity contribution in [3.8, 4) is 0 Å². The molecule has 1 aromatic heterocycles. The van der Waals surface area contributed by atoms with E-state index in [-0.39, 0.29) is 0 Å². The number of rotatable bonds is 4. The van der Waals surface area contributed by atoms with Gasteiger partial charge in [0.05, 0.1) is 11.2 Å². The fourth-order valence-corrected chi connectivity index (χ4v) is 3.20. The Labute approximate surface area is 126 Å². The molecule has 0 saturated carbocycles. The predicted octanol–water partition coefficient (Wildman–Crippen LogP) is 2.23. The molecule has 4 heteroatoms. The molecule has 1 aliphatic heterocycles. The summed E-state index contributed by atoms with van der Waals surface area (Å²) in [4.78, 5) is 9.56. The molecule has 0 amide bonds. The Hall–Kier alpha value is -1.65. The number of nitrogens with two attached hydrogens (primary N) is 1. The molecule has 2 N–H and O–H groups in total. The van der Waals surface area contributed by atoms with Crippen molar-refractivity contribution in [1.29, 1.82) is 0 Å². The lowest BCUT2D eigenvalue weighted by Crippen LogP contribution is -2.47. The van der Waals surface area contributed by atoms with Crippen molar-refractivity contribution in [1.82, 2.24) is 9.88 Å². The van der Waals surface area contributed by atoms with Crippen molar-refractivity contribution < 1.29 is 0 Å². The minimum atomic E-state index is 0.544. The topological polar surface area (TPSA) is 45.4 Å². The second-order valence-corrected chi connectivity index (χ2v) is 5.68. The molecule has 112 valence electrons. The molecule has 1 aliphatic rings. The average molecular weight is 284 g/mol. The lowest BCUT2D eigenvalue weighted by molar-refractivity contribution is 0.258. The van der Waals surface area contributed by atoms with Crippen LogP contribution in [0.5, 0.6) is 0 Å². The monoisotopic (exact) mass is 284 g/mol. The van der Waals surface area contributed by atoms with Crippen LogP contribution in [-0.2, 0) is 6.54 Å². The lowest BCUT2D eigenvalue weighted by atomic mass is 10.1. The largest absolute Gasteiger partial charge is 0.368 e. The molecule has 21 heavy (non-hydrogen) atoms. The maximum Gasteiger partial charge on any atom is 0.0723 e. The van der Waals surface area contributed by atoms with E-state index in [0.717, 1.165) is 37.3 Å². The molecule has 0 radical (unpaired) electrons. The zero-order chi connectivity index (χ0) is 14.7. The van der Waals surface area contributed by atoms with Crippen LogP contribution in [0.4, 0.5) is 5.69 Å². The van der Waals surface area contributed by atoms with E-state index in [4.69, 9.17) is 5.73 Å². The number of fused-ring (bicyclic) bond motifs is 1. The van der Waals surface area contributed by atoms with Gasteiger partial charge in [0, 0.05) is 49.9 Å². The van der Waals surface area contributed by atoms with Crippen molar-refractivity contribution in [3.05, 3.63) is 36.0 Å². The number of aromatic nitrogens is 1. The first-order chi connectivity index (χ1) is 10.3. The van der Waals surface area contributed by atoms with Crippen LogP contribution >= 0.6 is 0 Å². The standard InChI is InChI=1S/C17H24N4/c1-2-7-20-8-10-21(11-9-20)17-14(12-18)13-19-16-6-4-3-5-15(16)17/h3-6,13H,2,7-12,18H2,1H3. The number of hydrogen-bond donors (Lipinski definition) is 1. The molecule has 1 saturated heterocycles. The number of hydrogen-bond acceptors (Lipinski definition) is 4. The van der Waals surface area contributed by atoms with E-state index in [1.165, 1.54) is 24.0 Å². The molecule has 0 spiro atoms. The van der Waals surface area contributed by atoms with Crippen molar-refractivity contribution in [3.63, 3.8) is 0 Å². The Balaban J connectivity index is 1.92. The number of pyridine rings is 1. The van der Waals surface area contributed by atoms with Gasteiger partial charge in [0.25, 0.3) is 0 Å². The third kappa shape index (κ3) is 2.87. The maximum absolute atomic E-state index is 5.95. The number of piperazine rings is 1. The Morgan fingerprint density at radius 1 is 1.14 bits per heavy atom. The van der Waals surface area contributed by atoms with Crippen molar-refractivity contribution in [2.75, 3.05) is 37.6 Å². The summed E-state index contributed by atoms with van der Waals surface area (Å²) in [6, 6.07) is 8.36. The van der Waals surface area contributed by atoms with Crippen molar-refractivity contribution in [2.45, 2.75) is 19.9 Å². The van der Waals surface area contributed by atoms with Crippen LogP contribution in [0.2, 0.25) is 0 Å². The highest BCUT2D eigenvalue weighted by atomic mass is 15.3. The first-order valence-electron chi connectivity index (χ1n) is 7.87. The van der Waals surface area contributed by atoms with E-state index < -0.39 is 0 Å². The third-order valence-electron chi connectivity index (χ3n) is 4.27.